The highest BCUT2D eigenvalue weighted by atomic mass is 127. The maximum absolute atomic E-state index is 12.3. The van der Waals surface area contributed by atoms with Crippen LogP contribution >= 0.6 is 24.0 Å². The SMILES string of the molecule is CCNC(=NCCCN1C(=O)COc2ccccc21)NC1CCN(c2ccccc2)C1.I. The van der Waals surface area contributed by atoms with Crippen molar-refractivity contribution in [3.05, 3.63) is 54.6 Å². The largest absolute Gasteiger partial charge is 0.482 e. The van der Waals surface area contributed by atoms with Gasteiger partial charge in [0.2, 0.25) is 0 Å². The number of hydrogen-bond donors (Lipinski definition) is 2. The van der Waals surface area contributed by atoms with E-state index in [9.17, 15) is 4.79 Å². The van der Waals surface area contributed by atoms with Crippen LogP contribution in [0, 0.1) is 0 Å². The van der Waals surface area contributed by atoms with Crippen molar-refractivity contribution in [3.63, 3.8) is 0 Å². The normalized spacial score (nSPS) is 18.0. The van der Waals surface area contributed by atoms with Crippen LogP contribution in [-0.2, 0) is 4.79 Å². The van der Waals surface area contributed by atoms with Crippen molar-refractivity contribution in [2.75, 3.05) is 49.1 Å². The first-order chi connectivity index (χ1) is 15.2. The number of halogens is 1. The highest BCUT2D eigenvalue weighted by molar-refractivity contribution is 14.0. The molecular formula is C24H32IN5O2. The molecule has 8 heteroatoms. The van der Waals surface area contributed by atoms with Gasteiger partial charge in [0.05, 0.1) is 5.69 Å². The molecule has 1 fully saturated rings. The minimum Gasteiger partial charge on any atom is -0.482 e. The number of nitrogens with one attached hydrogen (secondary N) is 2. The Morgan fingerprint density at radius 3 is 2.75 bits per heavy atom. The summed E-state index contributed by atoms with van der Waals surface area (Å²) in [5, 5.41) is 6.92. The topological polar surface area (TPSA) is 69.2 Å². The summed E-state index contributed by atoms with van der Waals surface area (Å²) in [6.07, 6.45) is 1.87. The van der Waals surface area contributed by atoms with Crippen molar-refractivity contribution >= 4 is 47.2 Å². The van der Waals surface area contributed by atoms with Gasteiger partial charge in [0.1, 0.15) is 5.75 Å². The number of aliphatic imine (C=N–C) groups is 1. The van der Waals surface area contributed by atoms with Crippen molar-refractivity contribution in [1.82, 2.24) is 10.6 Å². The molecule has 7 nitrogen and oxygen atoms in total. The van der Waals surface area contributed by atoms with E-state index in [1.165, 1.54) is 5.69 Å². The number of carbonyl (C=O) groups is 1. The molecule has 32 heavy (non-hydrogen) atoms. The first kappa shape index (κ1) is 24.2. The summed E-state index contributed by atoms with van der Waals surface area (Å²) in [5.74, 6) is 1.61. The molecule has 4 rings (SSSR count). The highest BCUT2D eigenvalue weighted by Crippen LogP contribution is 2.31. The molecule has 0 aromatic heterocycles. The van der Waals surface area contributed by atoms with E-state index in [2.05, 4.69) is 46.7 Å². The zero-order valence-electron chi connectivity index (χ0n) is 18.5. The van der Waals surface area contributed by atoms with Gasteiger partial charge < -0.3 is 25.2 Å². The Balaban J connectivity index is 0.00000289. The number of fused-ring (bicyclic) bond motifs is 1. The molecule has 2 N–H and O–H groups in total. The van der Waals surface area contributed by atoms with Gasteiger partial charge in [-0.3, -0.25) is 9.79 Å². The van der Waals surface area contributed by atoms with Gasteiger partial charge in [-0.15, -0.1) is 24.0 Å². The third kappa shape index (κ3) is 6.05. The van der Waals surface area contributed by atoms with Gasteiger partial charge in [-0.25, -0.2) is 0 Å². The van der Waals surface area contributed by atoms with Gasteiger partial charge in [0, 0.05) is 44.5 Å². The summed E-state index contributed by atoms with van der Waals surface area (Å²) in [7, 11) is 0. The molecule has 2 heterocycles. The number of anilines is 2. The van der Waals surface area contributed by atoms with Gasteiger partial charge in [-0.05, 0) is 44.0 Å². The van der Waals surface area contributed by atoms with E-state index in [4.69, 9.17) is 9.73 Å². The average molecular weight is 549 g/mol. The molecule has 2 aromatic carbocycles. The van der Waals surface area contributed by atoms with Crippen LogP contribution in [-0.4, -0.2) is 57.2 Å². The average Bonchev–Trinajstić information content (AvgIpc) is 3.27. The van der Waals surface area contributed by atoms with Crippen LogP contribution < -0.4 is 25.2 Å². The lowest BCUT2D eigenvalue weighted by atomic mass is 10.2. The van der Waals surface area contributed by atoms with E-state index in [1.54, 1.807) is 0 Å². The van der Waals surface area contributed by atoms with Crippen LogP contribution in [0.15, 0.2) is 59.6 Å². The zero-order chi connectivity index (χ0) is 21.5. The number of para-hydroxylation sites is 3. The molecule has 1 saturated heterocycles. The molecule has 172 valence electrons. The monoisotopic (exact) mass is 549 g/mol. The third-order valence-electron chi connectivity index (χ3n) is 5.61. The molecule has 1 amide bonds. The third-order valence-corrected chi connectivity index (χ3v) is 5.61. The summed E-state index contributed by atoms with van der Waals surface area (Å²) in [6, 6.07) is 18.6. The number of amides is 1. The summed E-state index contributed by atoms with van der Waals surface area (Å²) in [4.78, 5) is 21.3. The summed E-state index contributed by atoms with van der Waals surface area (Å²) < 4.78 is 5.51. The molecular weight excluding hydrogens is 517 g/mol. The van der Waals surface area contributed by atoms with E-state index in [0.29, 0.717) is 19.1 Å². The lowest BCUT2D eigenvalue weighted by Crippen LogP contribution is -2.44. The number of ether oxygens (including phenoxy) is 1. The number of nitrogens with zero attached hydrogens (tertiary/aromatic N) is 3. The van der Waals surface area contributed by atoms with Gasteiger partial charge in [-0.1, -0.05) is 30.3 Å². The van der Waals surface area contributed by atoms with E-state index in [1.807, 2.05) is 35.2 Å². The van der Waals surface area contributed by atoms with Crippen LogP contribution in [0.2, 0.25) is 0 Å². The maximum Gasteiger partial charge on any atom is 0.265 e. The van der Waals surface area contributed by atoms with Crippen LogP contribution in [0.3, 0.4) is 0 Å². The minimum atomic E-state index is -0.000305. The molecule has 0 saturated carbocycles. The number of carbonyl (C=O) groups excluding carboxylic acids is 1. The summed E-state index contributed by atoms with van der Waals surface area (Å²) in [6.45, 7) is 6.28. The molecule has 0 bridgehead atoms. The van der Waals surface area contributed by atoms with Crippen molar-refractivity contribution in [1.29, 1.82) is 0 Å². The van der Waals surface area contributed by atoms with Gasteiger partial charge >= 0.3 is 0 Å². The second-order valence-corrected chi connectivity index (χ2v) is 7.83. The van der Waals surface area contributed by atoms with Crippen LogP contribution in [0.1, 0.15) is 19.8 Å². The lowest BCUT2D eigenvalue weighted by Gasteiger charge is -2.29. The van der Waals surface area contributed by atoms with Gasteiger partial charge in [0.25, 0.3) is 5.91 Å². The Kier molecular flexibility index (Phi) is 9.01. The van der Waals surface area contributed by atoms with Gasteiger partial charge in [0.15, 0.2) is 12.6 Å². The fourth-order valence-electron chi connectivity index (χ4n) is 4.08. The predicted molar refractivity (Wildman–Crippen MR) is 140 cm³/mol. The molecule has 0 radical (unpaired) electrons. The van der Waals surface area contributed by atoms with Crippen molar-refractivity contribution < 1.29 is 9.53 Å². The Labute approximate surface area is 207 Å². The quantitative estimate of drug-likeness (QED) is 0.240. The molecule has 2 aliphatic heterocycles. The molecule has 1 atom stereocenters. The lowest BCUT2D eigenvalue weighted by molar-refractivity contribution is -0.121. The smallest absolute Gasteiger partial charge is 0.265 e. The Hall–Kier alpha value is -2.49. The highest BCUT2D eigenvalue weighted by Gasteiger charge is 2.25. The number of benzene rings is 2. The van der Waals surface area contributed by atoms with Crippen molar-refractivity contribution in [2.24, 2.45) is 4.99 Å². The molecule has 0 spiro atoms. The summed E-state index contributed by atoms with van der Waals surface area (Å²) in [5.41, 5.74) is 2.11. The number of rotatable bonds is 7. The van der Waals surface area contributed by atoms with E-state index in [0.717, 1.165) is 49.9 Å². The van der Waals surface area contributed by atoms with Crippen molar-refractivity contribution in [2.45, 2.75) is 25.8 Å². The predicted octanol–water partition coefficient (Wildman–Crippen LogP) is 3.25. The van der Waals surface area contributed by atoms with E-state index < -0.39 is 0 Å². The number of guanidine groups is 1. The van der Waals surface area contributed by atoms with E-state index >= 15 is 0 Å². The maximum atomic E-state index is 12.3. The zero-order valence-corrected chi connectivity index (χ0v) is 20.8. The Bertz CT molecular complexity index is 908. The molecule has 1 unspecified atom stereocenters. The first-order valence-electron chi connectivity index (χ1n) is 11.1. The van der Waals surface area contributed by atoms with Crippen LogP contribution in [0.25, 0.3) is 0 Å². The van der Waals surface area contributed by atoms with Crippen LogP contribution in [0.4, 0.5) is 11.4 Å². The molecule has 2 aromatic rings. The second kappa shape index (κ2) is 11.9. The van der Waals surface area contributed by atoms with Gasteiger partial charge in [-0.2, -0.15) is 0 Å². The second-order valence-electron chi connectivity index (χ2n) is 7.83. The minimum absolute atomic E-state index is 0. The number of hydrogen-bond acceptors (Lipinski definition) is 4. The fraction of sp³-hybridized carbons (Fsp3) is 0.417. The molecule has 2 aliphatic rings. The first-order valence-corrected chi connectivity index (χ1v) is 11.1. The fourth-order valence-corrected chi connectivity index (χ4v) is 4.08. The van der Waals surface area contributed by atoms with Crippen molar-refractivity contribution in [3.8, 4) is 5.75 Å². The Morgan fingerprint density at radius 1 is 1.16 bits per heavy atom. The Morgan fingerprint density at radius 2 is 1.94 bits per heavy atom. The standard InChI is InChI=1S/C24H31N5O2.HI/c1-2-25-24(27-19-13-16-28(17-19)20-9-4-3-5-10-20)26-14-8-15-29-21-11-6-7-12-22(21)31-18-23(29)30;/h3-7,9-12,19H,2,8,13-18H2,1H3,(H2,25,26,27);1H. The van der Waals surface area contributed by atoms with Crippen LogP contribution in [0.5, 0.6) is 5.75 Å². The molecule has 0 aliphatic carbocycles. The van der Waals surface area contributed by atoms with E-state index in [-0.39, 0.29) is 36.5 Å². The summed E-state index contributed by atoms with van der Waals surface area (Å²) >= 11 is 0.